The van der Waals surface area contributed by atoms with Gasteiger partial charge in [0.15, 0.2) is 11.5 Å². The molecule has 0 bridgehead atoms. The summed E-state index contributed by atoms with van der Waals surface area (Å²) < 4.78 is 1.17. The van der Waals surface area contributed by atoms with E-state index in [1.54, 1.807) is 29.7 Å². The average Bonchev–Trinajstić information content (AvgIpc) is 3.22. The van der Waals surface area contributed by atoms with Crippen LogP contribution in [-0.4, -0.2) is 22.0 Å². The molecule has 32 heavy (non-hydrogen) atoms. The van der Waals surface area contributed by atoms with Gasteiger partial charge in [0.2, 0.25) is 0 Å². The third-order valence-corrected chi connectivity index (χ3v) is 6.49. The van der Waals surface area contributed by atoms with Crippen molar-refractivity contribution in [2.75, 3.05) is 0 Å². The fraction of sp³-hybridized carbons (Fsp3) is 0.0400. The van der Waals surface area contributed by atoms with Crippen molar-refractivity contribution in [3.05, 3.63) is 89.6 Å². The van der Waals surface area contributed by atoms with Crippen LogP contribution in [-0.2, 0) is 11.3 Å². The summed E-state index contributed by atoms with van der Waals surface area (Å²) in [7, 11) is 0. The Bertz CT molecular complexity index is 1390. The predicted molar refractivity (Wildman–Crippen MR) is 124 cm³/mol. The maximum absolute atomic E-state index is 12.6. The number of aromatic hydroxyl groups is 2. The first kappa shape index (κ1) is 19.8. The van der Waals surface area contributed by atoms with Gasteiger partial charge in [-0.15, -0.1) is 11.3 Å². The number of nitrogens with one attached hydrogen (secondary N) is 2. The summed E-state index contributed by atoms with van der Waals surface area (Å²) in [6.45, 7) is 0.323. The largest absolute Gasteiger partial charge is 0.504 e. The summed E-state index contributed by atoms with van der Waals surface area (Å²) in [6, 6.07) is 20.2. The highest BCUT2D eigenvalue weighted by Gasteiger charge is 2.27. The highest BCUT2D eigenvalue weighted by atomic mass is 32.1. The van der Waals surface area contributed by atoms with E-state index >= 15 is 0 Å². The minimum Gasteiger partial charge on any atom is -0.504 e. The van der Waals surface area contributed by atoms with Crippen molar-refractivity contribution in [2.45, 2.75) is 6.54 Å². The number of thiophene rings is 1. The van der Waals surface area contributed by atoms with Gasteiger partial charge in [-0.05, 0) is 52.9 Å². The van der Waals surface area contributed by atoms with Crippen LogP contribution < -0.4 is 10.6 Å². The number of carbonyl (C=O) groups is 2. The zero-order valence-electron chi connectivity index (χ0n) is 16.8. The minimum absolute atomic E-state index is 0.194. The minimum atomic E-state index is -0.475. The van der Waals surface area contributed by atoms with Gasteiger partial charge in [-0.25, -0.2) is 0 Å². The Morgan fingerprint density at radius 3 is 2.53 bits per heavy atom. The fourth-order valence-corrected chi connectivity index (χ4v) is 4.75. The molecule has 0 spiro atoms. The van der Waals surface area contributed by atoms with Gasteiger partial charge in [0.05, 0.1) is 5.57 Å². The van der Waals surface area contributed by atoms with Crippen LogP contribution >= 0.6 is 11.3 Å². The van der Waals surface area contributed by atoms with Crippen LogP contribution in [0.2, 0.25) is 0 Å². The molecule has 1 aromatic heterocycles. The molecule has 5 rings (SSSR count). The molecule has 0 unspecified atom stereocenters. The van der Waals surface area contributed by atoms with Crippen LogP contribution in [0.3, 0.4) is 0 Å². The smallest absolute Gasteiger partial charge is 0.260 e. The molecule has 0 aliphatic carbocycles. The lowest BCUT2D eigenvalue weighted by Crippen LogP contribution is -2.37. The number of hydrogen-bond donors (Lipinski definition) is 4. The van der Waals surface area contributed by atoms with Gasteiger partial charge in [-0.1, -0.05) is 30.3 Å². The van der Waals surface area contributed by atoms with E-state index < -0.39 is 11.8 Å². The summed E-state index contributed by atoms with van der Waals surface area (Å²) in [5, 5.41) is 25.7. The SMILES string of the molecule is O=C1NC(=O)c2ccc(-c3cc4ccccc4s3)cc2C1=CNCc1ccc(O)c(O)c1. The molecule has 0 radical (unpaired) electrons. The Morgan fingerprint density at radius 2 is 1.72 bits per heavy atom. The molecule has 7 heteroatoms. The maximum atomic E-state index is 12.6. The Hall–Kier alpha value is -4.10. The summed E-state index contributed by atoms with van der Waals surface area (Å²) >= 11 is 1.66. The molecule has 0 saturated heterocycles. The number of phenols is 2. The van der Waals surface area contributed by atoms with Crippen molar-refractivity contribution in [3.63, 3.8) is 0 Å². The molecular formula is C25H18N2O4S. The van der Waals surface area contributed by atoms with E-state index in [2.05, 4.69) is 28.8 Å². The zero-order valence-corrected chi connectivity index (χ0v) is 17.6. The van der Waals surface area contributed by atoms with Crippen molar-refractivity contribution in [3.8, 4) is 21.9 Å². The topological polar surface area (TPSA) is 98.7 Å². The number of imide groups is 1. The maximum Gasteiger partial charge on any atom is 0.260 e. The molecule has 0 atom stereocenters. The van der Waals surface area contributed by atoms with Crippen LogP contribution in [0.4, 0.5) is 0 Å². The molecule has 1 aliphatic rings. The van der Waals surface area contributed by atoms with Crippen molar-refractivity contribution >= 4 is 38.8 Å². The van der Waals surface area contributed by atoms with Gasteiger partial charge < -0.3 is 15.5 Å². The van der Waals surface area contributed by atoms with E-state index in [1.165, 1.54) is 16.8 Å². The predicted octanol–water partition coefficient (Wildman–Crippen LogP) is 4.38. The second-order valence-corrected chi connectivity index (χ2v) is 8.54. The number of phenolic OH excluding ortho intramolecular Hbond substituents is 2. The number of rotatable bonds is 4. The lowest BCUT2D eigenvalue weighted by Gasteiger charge is -2.19. The molecule has 3 aromatic carbocycles. The van der Waals surface area contributed by atoms with Crippen molar-refractivity contribution in [1.82, 2.24) is 10.6 Å². The first-order valence-electron chi connectivity index (χ1n) is 9.93. The summed E-state index contributed by atoms with van der Waals surface area (Å²) in [6.07, 6.45) is 1.57. The van der Waals surface area contributed by atoms with E-state index in [9.17, 15) is 19.8 Å². The van der Waals surface area contributed by atoms with E-state index in [-0.39, 0.29) is 11.5 Å². The van der Waals surface area contributed by atoms with Gasteiger partial charge in [-0.3, -0.25) is 14.9 Å². The van der Waals surface area contributed by atoms with Crippen molar-refractivity contribution < 1.29 is 19.8 Å². The van der Waals surface area contributed by atoms with Crippen molar-refractivity contribution in [1.29, 1.82) is 0 Å². The number of benzene rings is 3. The molecule has 2 heterocycles. The average molecular weight is 442 g/mol. The molecule has 1 aliphatic heterocycles. The Morgan fingerprint density at radius 1 is 0.875 bits per heavy atom. The number of amides is 2. The lowest BCUT2D eigenvalue weighted by molar-refractivity contribution is -0.114. The number of hydrogen-bond acceptors (Lipinski definition) is 6. The van der Waals surface area contributed by atoms with Crippen LogP contribution in [0, 0.1) is 0 Å². The second-order valence-electron chi connectivity index (χ2n) is 7.45. The van der Waals surface area contributed by atoms with E-state index in [4.69, 9.17) is 0 Å². The monoisotopic (exact) mass is 442 g/mol. The zero-order chi connectivity index (χ0) is 22.2. The van der Waals surface area contributed by atoms with Gasteiger partial charge >= 0.3 is 0 Å². The van der Waals surface area contributed by atoms with E-state index in [1.807, 2.05) is 24.3 Å². The quantitative estimate of drug-likeness (QED) is 0.214. The summed E-state index contributed by atoms with van der Waals surface area (Å²) in [5.41, 5.74) is 3.01. The highest BCUT2D eigenvalue weighted by molar-refractivity contribution is 7.22. The lowest BCUT2D eigenvalue weighted by atomic mass is 9.93. The molecule has 4 aromatic rings. The van der Waals surface area contributed by atoms with E-state index in [0.29, 0.717) is 23.2 Å². The Balaban J connectivity index is 1.49. The van der Waals surface area contributed by atoms with Gasteiger partial charge in [0.1, 0.15) is 0 Å². The van der Waals surface area contributed by atoms with Gasteiger partial charge in [-0.2, -0.15) is 0 Å². The highest BCUT2D eigenvalue weighted by Crippen LogP contribution is 2.36. The molecule has 4 N–H and O–H groups in total. The normalized spacial score (nSPS) is 14.4. The summed E-state index contributed by atoms with van der Waals surface area (Å²) in [5.74, 6) is -1.30. The molecule has 0 fully saturated rings. The van der Waals surface area contributed by atoms with Crippen LogP contribution in [0.1, 0.15) is 21.5 Å². The molecule has 0 saturated carbocycles. The number of carbonyl (C=O) groups excluding carboxylic acids is 2. The third kappa shape index (κ3) is 3.59. The summed E-state index contributed by atoms with van der Waals surface area (Å²) in [4.78, 5) is 26.0. The van der Waals surface area contributed by atoms with Crippen molar-refractivity contribution in [2.24, 2.45) is 0 Å². The van der Waals surface area contributed by atoms with E-state index in [0.717, 1.165) is 21.4 Å². The van der Waals surface area contributed by atoms with Gasteiger partial charge in [0.25, 0.3) is 11.8 Å². The van der Waals surface area contributed by atoms with Crippen LogP contribution in [0.25, 0.3) is 26.1 Å². The molecule has 158 valence electrons. The first-order valence-corrected chi connectivity index (χ1v) is 10.7. The first-order chi connectivity index (χ1) is 15.5. The standard InChI is InChI=1S/C25H18N2O4S/c28-20-8-5-14(9-21(20)29)12-26-13-19-18-10-16(6-7-17(18)24(30)27-25(19)31)23-11-15-3-1-2-4-22(15)32-23/h1-11,13,26,28-29H,12H2,(H,27,30,31). The van der Waals surface area contributed by atoms with Gasteiger partial charge in [0, 0.05) is 33.4 Å². The van der Waals surface area contributed by atoms with Crippen LogP contribution in [0.15, 0.2) is 72.9 Å². The third-order valence-electron chi connectivity index (χ3n) is 5.33. The Kier molecular flexibility index (Phi) is 4.88. The Labute approximate surface area is 187 Å². The molecule has 6 nitrogen and oxygen atoms in total. The fourth-order valence-electron chi connectivity index (χ4n) is 3.70. The number of fused-ring (bicyclic) bond motifs is 2. The van der Waals surface area contributed by atoms with Crippen LogP contribution in [0.5, 0.6) is 11.5 Å². The molecular weight excluding hydrogens is 424 g/mol. The molecule has 2 amide bonds. The second kappa shape index (κ2) is 7.86.